The zero-order chi connectivity index (χ0) is 14.5. The number of halogens is 1. The Morgan fingerprint density at radius 2 is 2.15 bits per heavy atom. The number of carbonyl (C=O) groups is 2. The summed E-state index contributed by atoms with van der Waals surface area (Å²) >= 11 is 1.27. The SMILES string of the molecule is O=C(O)[C@H]1CCCN1C(=O)CCSc1ccccc1F. The number of thioether (sulfide) groups is 1. The van der Waals surface area contributed by atoms with Crippen molar-refractivity contribution >= 4 is 23.6 Å². The molecule has 1 amide bonds. The van der Waals surface area contributed by atoms with Crippen molar-refractivity contribution in [3.63, 3.8) is 0 Å². The van der Waals surface area contributed by atoms with Gasteiger partial charge in [0.2, 0.25) is 5.91 Å². The Hall–Kier alpha value is -1.56. The molecule has 0 aliphatic carbocycles. The van der Waals surface area contributed by atoms with Crippen LogP contribution in [0.2, 0.25) is 0 Å². The van der Waals surface area contributed by atoms with E-state index in [1.54, 1.807) is 18.2 Å². The number of hydrogen-bond donors (Lipinski definition) is 1. The van der Waals surface area contributed by atoms with Gasteiger partial charge in [-0.15, -0.1) is 11.8 Å². The van der Waals surface area contributed by atoms with Crippen LogP contribution in [0.15, 0.2) is 29.2 Å². The molecule has 0 bridgehead atoms. The quantitative estimate of drug-likeness (QED) is 0.848. The first-order valence-corrected chi connectivity index (χ1v) is 7.48. The standard InChI is InChI=1S/C14H16FNO3S/c15-10-4-1-2-6-12(10)20-9-7-13(17)16-8-3-5-11(16)14(18)19/h1-2,4,6,11H,3,5,7-9H2,(H,18,19)/t11-/m1/s1. The van der Waals surface area contributed by atoms with Crippen molar-refractivity contribution in [1.29, 1.82) is 0 Å². The van der Waals surface area contributed by atoms with E-state index in [1.165, 1.54) is 22.7 Å². The van der Waals surface area contributed by atoms with Crippen LogP contribution in [0.5, 0.6) is 0 Å². The van der Waals surface area contributed by atoms with Crippen LogP contribution in [0, 0.1) is 5.82 Å². The molecule has 6 heteroatoms. The molecule has 1 saturated heterocycles. The zero-order valence-corrected chi connectivity index (χ0v) is 11.7. The van der Waals surface area contributed by atoms with Gasteiger partial charge in [-0.2, -0.15) is 0 Å². The van der Waals surface area contributed by atoms with E-state index in [2.05, 4.69) is 0 Å². The van der Waals surface area contributed by atoms with Crippen molar-refractivity contribution in [2.24, 2.45) is 0 Å². The van der Waals surface area contributed by atoms with Gasteiger partial charge in [0, 0.05) is 23.6 Å². The maximum atomic E-state index is 13.4. The summed E-state index contributed by atoms with van der Waals surface area (Å²) in [6, 6.07) is 5.72. The number of nitrogens with zero attached hydrogens (tertiary/aromatic N) is 1. The number of rotatable bonds is 5. The average molecular weight is 297 g/mol. The smallest absolute Gasteiger partial charge is 0.326 e. The molecule has 1 aromatic rings. The molecule has 1 aliphatic heterocycles. The van der Waals surface area contributed by atoms with Crippen LogP contribution in [0.4, 0.5) is 4.39 Å². The van der Waals surface area contributed by atoms with Crippen LogP contribution < -0.4 is 0 Å². The summed E-state index contributed by atoms with van der Waals surface area (Å²) in [7, 11) is 0. The van der Waals surface area contributed by atoms with Gasteiger partial charge in [0.25, 0.3) is 0 Å². The molecule has 0 saturated carbocycles. The lowest BCUT2D eigenvalue weighted by atomic mass is 10.2. The molecule has 0 aromatic heterocycles. The van der Waals surface area contributed by atoms with Crippen molar-refractivity contribution in [2.75, 3.05) is 12.3 Å². The van der Waals surface area contributed by atoms with Crippen molar-refractivity contribution in [2.45, 2.75) is 30.2 Å². The average Bonchev–Trinajstić information content (AvgIpc) is 2.90. The maximum absolute atomic E-state index is 13.4. The summed E-state index contributed by atoms with van der Waals surface area (Å²) in [5.41, 5.74) is 0. The monoisotopic (exact) mass is 297 g/mol. The highest BCUT2D eigenvalue weighted by Gasteiger charge is 2.33. The molecule has 108 valence electrons. The number of carbonyl (C=O) groups excluding carboxylic acids is 1. The Morgan fingerprint density at radius 1 is 1.40 bits per heavy atom. The Kier molecular flexibility index (Phi) is 5.00. The molecule has 0 spiro atoms. The lowest BCUT2D eigenvalue weighted by Crippen LogP contribution is -2.40. The maximum Gasteiger partial charge on any atom is 0.326 e. The second-order valence-electron chi connectivity index (χ2n) is 4.61. The summed E-state index contributed by atoms with van der Waals surface area (Å²) in [6.07, 6.45) is 1.47. The van der Waals surface area contributed by atoms with Crippen LogP contribution in [0.25, 0.3) is 0 Å². The van der Waals surface area contributed by atoms with E-state index in [9.17, 15) is 14.0 Å². The highest BCUT2D eigenvalue weighted by Crippen LogP contribution is 2.23. The Morgan fingerprint density at radius 3 is 2.85 bits per heavy atom. The number of aliphatic carboxylic acids is 1. The third kappa shape index (κ3) is 3.50. The van der Waals surface area contributed by atoms with Crippen LogP contribution in [0.3, 0.4) is 0 Å². The minimum Gasteiger partial charge on any atom is -0.480 e. The molecular formula is C14H16FNO3S. The van der Waals surface area contributed by atoms with Crippen LogP contribution >= 0.6 is 11.8 Å². The Balaban J connectivity index is 1.84. The van der Waals surface area contributed by atoms with Crippen molar-refractivity contribution in [3.8, 4) is 0 Å². The summed E-state index contributed by atoms with van der Waals surface area (Å²) < 4.78 is 13.4. The molecule has 4 nitrogen and oxygen atoms in total. The number of hydrogen-bond acceptors (Lipinski definition) is 3. The fourth-order valence-electron chi connectivity index (χ4n) is 2.28. The minimum absolute atomic E-state index is 0.168. The van der Waals surface area contributed by atoms with E-state index in [1.807, 2.05) is 0 Å². The van der Waals surface area contributed by atoms with E-state index >= 15 is 0 Å². The highest BCUT2D eigenvalue weighted by molar-refractivity contribution is 7.99. The molecule has 1 aliphatic rings. The van der Waals surface area contributed by atoms with Crippen LogP contribution in [-0.4, -0.2) is 40.2 Å². The van der Waals surface area contributed by atoms with Crippen molar-refractivity contribution in [3.05, 3.63) is 30.1 Å². The first-order chi connectivity index (χ1) is 9.59. The van der Waals surface area contributed by atoms with Gasteiger partial charge in [-0.25, -0.2) is 9.18 Å². The first kappa shape index (κ1) is 14.8. The highest BCUT2D eigenvalue weighted by atomic mass is 32.2. The van der Waals surface area contributed by atoms with Gasteiger partial charge in [0.05, 0.1) is 0 Å². The fourth-order valence-corrected chi connectivity index (χ4v) is 3.15. The molecule has 1 heterocycles. The van der Waals surface area contributed by atoms with Crippen LogP contribution in [0.1, 0.15) is 19.3 Å². The zero-order valence-electron chi connectivity index (χ0n) is 10.9. The first-order valence-electron chi connectivity index (χ1n) is 6.49. The number of benzene rings is 1. The predicted molar refractivity (Wildman–Crippen MR) is 74.1 cm³/mol. The van der Waals surface area contributed by atoms with E-state index in [0.717, 1.165) is 6.42 Å². The third-order valence-electron chi connectivity index (χ3n) is 3.27. The molecule has 1 aromatic carbocycles. The molecule has 1 N–H and O–H groups in total. The number of carboxylic acid groups (broad SMARTS) is 1. The molecule has 0 unspecified atom stereocenters. The van der Waals surface area contributed by atoms with E-state index in [-0.39, 0.29) is 18.1 Å². The minimum atomic E-state index is -0.947. The second-order valence-corrected chi connectivity index (χ2v) is 5.75. The van der Waals surface area contributed by atoms with Gasteiger partial charge >= 0.3 is 5.97 Å². The molecule has 1 fully saturated rings. The van der Waals surface area contributed by atoms with Gasteiger partial charge in [0.15, 0.2) is 0 Å². The molecule has 20 heavy (non-hydrogen) atoms. The summed E-state index contributed by atoms with van der Waals surface area (Å²) in [5, 5.41) is 9.02. The summed E-state index contributed by atoms with van der Waals surface area (Å²) in [4.78, 5) is 24.9. The molecule has 0 radical (unpaired) electrons. The van der Waals surface area contributed by atoms with Gasteiger partial charge in [-0.1, -0.05) is 12.1 Å². The summed E-state index contributed by atoms with van der Waals surface area (Å²) in [6.45, 7) is 0.500. The lowest BCUT2D eigenvalue weighted by molar-refractivity contribution is -0.148. The van der Waals surface area contributed by atoms with E-state index in [4.69, 9.17) is 5.11 Å². The topological polar surface area (TPSA) is 57.6 Å². The summed E-state index contributed by atoms with van der Waals surface area (Å²) in [5.74, 6) is -0.964. The molecule has 1 atom stereocenters. The molecule has 2 rings (SSSR count). The van der Waals surface area contributed by atoms with Gasteiger partial charge in [0.1, 0.15) is 11.9 Å². The number of amides is 1. The number of carboxylic acids is 1. The van der Waals surface area contributed by atoms with E-state index in [0.29, 0.717) is 23.6 Å². The van der Waals surface area contributed by atoms with E-state index < -0.39 is 12.0 Å². The lowest BCUT2D eigenvalue weighted by Gasteiger charge is -2.21. The normalized spacial score (nSPS) is 18.2. The van der Waals surface area contributed by atoms with Crippen LogP contribution in [-0.2, 0) is 9.59 Å². The predicted octanol–water partition coefficient (Wildman–Crippen LogP) is 2.38. The largest absolute Gasteiger partial charge is 0.480 e. The van der Waals surface area contributed by atoms with Gasteiger partial charge < -0.3 is 10.0 Å². The van der Waals surface area contributed by atoms with Gasteiger partial charge in [-0.05, 0) is 25.0 Å². The fraction of sp³-hybridized carbons (Fsp3) is 0.429. The van der Waals surface area contributed by atoms with Gasteiger partial charge in [-0.3, -0.25) is 4.79 Å². The van der Waals surface area contributed by atoms with Crippen molar-refractivity contribution < 1.29 is 19.1 Å². The second kappa shape index (κ2) is 6.74. The number of likely N-dealkylation sites (tertiary alicyclic amines) is 1. The molecular weight excluding hydrogens is 281 g/mol. The van der Waals surface area contributed by atoms with Crippen molar-refractivity contribution in [1.82, 2.24) is 4.90 Å². The Bertz CT molecular complexity index is 509. The Labute approximate surface area is 121 Å². The third-order valence-corrected chi connectivity index (χ3v) is 4.32.